The Morgan fingerprint density at radius 1 is 1.12 bits per heavy atom. The molecule has 26 heavy (non-hydrogen) atoms. The van der Waals surface area contributed by atoms with Crippen molar-refractivity contribution in [3.8, 4) is 11.5 Å². The molecule has 138 valence electrons. The second-order valence-electron chi connectivity index (χ2n) is 6.89. The Balaban J connectivity index is 1.81. The summed E-state index contributed by atoms with van der Waals surface area (Å²) in [5, 5.41) is 0.765. The van der Waals surface area contributed by atoms with Crippen molar-refractivity contribution < 1.29 is 18.9 Å². The quantitative estimate of drug-likeness (QED) is 0.775. The van der Waals surface area contributed by atoms with Crippen LogP contribution in [0.5, 0.6) is 11.5 Å². The monoisotopic (exact) mass is 373 g/mol. The fourth-order valence-corrected chi connectivity index (χ4v) is 6.71. The average molecular weight is 373 g/mol. The van der Waals surface area contributed by atoms with E-state index in [9.17, 15) is 4.89 Å². The SMILES string of the molecule is COc1cc2c(cc1OC)[C@H]1[C@@H](C)CO[P+]([O-])(c3ccccc3)N1CC2. The Bertz CT molecular complexity index is 800. The lowest BCUT2D eigenvalue weighted by molar-refractivity contribution is -0.213. The van der Waals surface area contributed by atoms with Gasteiger partial charge in [-0.05, 0) is 41.8 Å². The van der Waals surface area contributed by atoms with Gasteiger partial charge in [0.15, 0.2) is 11.5 Å². The fraction of sp³-hybridized carbons (Fsp3) is 0.400. The molecule has 4 rings (SSSR count). The highest BCUT2D eigenvalue weighted by Gasteiger charge is 2.52. The Kier molecular flexibility index (Phi) is 4.66. The highest BCUT2D eigenvalue weighted by molar-refractivity contribution is 7.69. The van der Waals surface area contributed by atoms with E-state index in [-0.39, 0.29) is 12.0 Å². The van der Waals surface area contributed by atoms with E-state index < -0.39 is 7.87 Å². The van der Waals surface area contributed by atoms with E-state index in [1.165, 1.54) is 11.1 Å². The van der Waals surface area contributed by atoms with Crippen LogP contribution in [0.2, 0.25) is 0 Å². The molecule has 0 saturated carbocycles. The van der Waals surface area contributed by atoms with Crippen LogP contribution in [-0.2, 0) is 10.9 Å². The van der Waals surface area contributed by atoms with Gasteiger partial charge in [0.1, 0.15) is 5.30 Å². The molecule has 6 heteroatoms. The number of ether oxygens (including phenoxy) is 2. The van der Waals surface area contributed by atoms with Crippen molar-refractivity contribution in [3.63, 3.8) is 0 Å². The molecule has 0 aliphatic carbocycles. The fourth-order valence-electron chi connectivity index (χ4n) is 4.08. The number of fused-ring (bicyclic) bond motifs is 3. The third-order valence-electron chi connectivity index (χ3n) is 5.37. The van der Waals surface area contributed by atoms with Crippen LogP contribution in [0, 0.1) is 5.92 Å². The van der Waals surface area contributed by atoms with Crippen LogP contribution >= 0.6 is 7.87 Å². The van der Waals surface area contributed by atoms with Gasteiger partial charge in [0, 0.05) is 12.5 Å². The molecule has 1 unspecified atom stereocenters. The number of rotatable bonds is 3. The number of hydrogen-bond acceptors (Lipinski definition) is 5. The van der Waals surface area contributed by atoms with E-state index in [2.05, 4.69) is 17.7 Å². The summed E-state index contributed by atoms with van der Waals surface area (Å²) in [6, 6.07) is 13.7. The Labute approximate surface area is 155 Å². The smallest absolute Gasteiger partial charge is 0.208 e. The summed E-state index contributed by atoms with van der Waals surface area (Å²) < 4.78 is 19.0. The van der Waals surface area contributed by atoms with Crippen LogP contribution in [0.25, 0.3) is 0 Å². The summed E-state index contributed by atoms with van der Waals surface area (Å²) in [4.78, 5) is 13.9. The van der Waals surface area contributed by atoms with Crippen LogP contribution in [0.15, 0.2) is 42.5 Å². The Morgan fingerprint density at radius 2 is 1.81 bits per heavy atom. The maximum absolute atomic E-state index is 13.9. The maximum Gasteiger partial charge on any atom is 0.208 e. The van der Waals surface area contributed by atoms with E-state index in [0.29, 0.717) is 18.9 Å². The van der Waals surface area contributed by atoms with Gasteiger partial charge in [0.2, 0.25) is 7.87 Å². The molecule has 2 aromatic carbocycles. The largest absolute Gasteiger partial charge is 0.637 e. The molecule has 0 radical (unpaired) electrons. The van der Waals surface area contributed by atoms with E-state index in [1.807, 2.05) is 36.4 Å². The van der Waals surface area contributed by atoms with Crippen molar-refractivity contribution in [2.75, 3.05) is 27.4 Å². The van der Waals surface area contributed by atoms with Crippen molar-refractivity contribution in [1.29, 1.82) is 0 Å². The lowest BCUT2D eigenvalue weighted by Gasteiger charge is -2.50. The summed E-state index contributed by atoms with van der Waals surface area (Å²) in [5.74, 6) is 1.69. The normalized spacial score (nSPS) is 28.2. The van der Waals surface area contributed by atoms with Gasteiger partial charge in [-0.3, -0.25) is 0 Å². The highest BCUT2D eigenvalue weighted by Crippen LogP contribution is 2.63. The first-order chi connectivity index (χ1) is 12.6. The molecule has 0 amide bonds. The topological polar surface area (TPSA) is 54.0 Å². The van der Waals surface area contributed by atoms with Gasteiger partial charge in [-0.15, -0.1) is 4.67 Å². The minimum Gasteiger partial charge on any atom is -0.637 e. The Hall–Kier alpha value is -1.65. The highest BCUT2D eigenvalue weighted by atomic mass is 31.2. The molecule has 1 saturated heterocycles. The summed E-state index contributed by atoms with van der Waals surface area (Å²) in [7, 11) is 0.227. The number of benzene rings is 2. The van der Waals surface area contributed by atoms with Crippen molar-refractivity contribution in [1.82, 2.24) is 4.67 Å². The minimum atomic E-state index is -3.07. The molecular formula is C20H24NO4P. The second-order valence-corrected chi connectivity index (χ2v) is 9.22. The van der Waals surface area contributed by atoms with E-state index >= 15 is 0 Å². The molecule has 0 N–H and O–H groups in total. The molecule has 0 aromatic heterocycles. The summed E-state index contributed by atoms with van der Waals surface area (Å²) in [5.41, 5.74) is 2.40. The van der Waals surface area contributed by atoms with Crippen LogP contribution in [0.1, 0.15) is 24.1 Å². The van der Waals surface area contributed by atoms with E-state index in [1.54, 1.807) is 14.2 Å². The molecule has 2 heterocycles. The van der Waals surface area contributed by atoms with E-state index in [0.717, 1.165) is 17.5 Å². The van der Waals surface area contributed by atoms with Gasteiger partial charge in [-0.1, -0.05) is 25.1 Å². The van der Waals surface area contributed by atoms with Crippen molar-refractivity contribution >= 4 is 13.2 Å². The summed E-state index contributed by atoms with van der Waals surface area (Å²) in [6.45, 7) is 3.32. The third-order valence-corrected chi connectivity index (χ3v) is 7.94. The maximum atomic E-state index is 13.9. The lowest BCUT2D eigenvalue weighted by Crippen LogP contribution is -2.50. The Morgan fingerprint density at radius 3 is 2.50 bits per heavy atom. The second kappa shape index (κ2) is 6.82. The van der Waals surface area contributed by atoms with Crippen LogP contribution in [0.4, 0.5) is 0 Å². The van der Waals surface area contributed by atoms with Crippen LogP contribution < -0.4 is 19.7 Å². The lowest BCUT2D eigenvalue weighted by atomic mass is 9.87. The van der Waals surface area contributed by atoms with E-state index in [4.69, 9.17) is 14.0 Å². The van der Waals surface area contributed by atoms with Gasteiger partial charge in [-0.25, -0.2) is 4.52 Å². The first-order valence-corrected chi connectivity index (χ1v) is 10.5. The van der Waals surface area contributed by atoms with Gasteiger partial charge in [-0.2, -0.15) is 0 Å². The van der Waals surface area contributed by atoms with Crippen molar-refractivity contribution in [3.05, 3.63) is 53.6 Å². The summed E-state index contributed by atoms with van der Waals surface area (Å²) >= 11 is 0. The molecule has 2 aromatic rings. The van der Waals surface area contributed by atoms with Crippen molar-refractivity contribution in [2.24, 2.45) is 5.92 Å². The van der Waals surface area contributed by atoms with Crippen LogP contribution in [0.3, 0.4) is 0 Å². The predicted octanol–water partition coefficient (Wildman–Crippen LogP) is 2.72. The molecule has 3 atom stereocenters. The molecule has 1 fully saturated rings. The zero-order chi connectivity index (χ0) is 18.3. The molecule has 5 nitrogen and oxygen atoms in total. The van der Waals surface area contributed by atoms with Crippen LogP contribution in [-0.4, -0.2) is 32.0 Å². The molecule has 0 spiro atoms. The van der Waals surface area contributed by atoms with Gasteiger partial charge in [0.25, 0.3) is 0 Å². The molecule has 0 bridgehead atoms. The average Bonchev–Trinajstić information content (AvgIpc) is 2.69. The van der Waals surface area contributed by atoms with Gasteiger partial charge in [0.05, 0.1) is 26.9 Å². The molecule has 2 aliphatic rings. The zero-order valence-corrected chi connectivity index (χ0v) is 16.2. The first-order valence-electron chi connectivity index (χ1n) is 8.90. The molecule has 2 aliphatic heterocycles. The summed E-state index contributed by atoms with van der Waals surface area (Å²) in [6.07, 6.45) is 0.805. The van der Waals surface area contributed by atoms with Crippen molar-refractivity contribution in [2.45, 2.75) is 19.4 Å². The third kappa shape index (κ3) is 2.71. The standard InChI is InChI=1S/C20H24NO4P/c1-14-13-25-26(22,16-7-5-4-6-8-16)21-10-9-15-11-18(23-2)19(24-3)12-17(15)20(14)21/h4-8,11-12,14,20H,9-10,13H2,1-3H3/t14-,20+,26?/m0/s1. The predicted molar refractivity (Wildman–Crippen MR) is 101 cm³/mol. The first kappa shape index (κ1) is 17.7. The van der Waals surface area contributed by atoms with Gasteiger partial charge < -0.3 is 14.4 Å². The zero-order valence-electron chi connectivity index (χ0n) is 15.3. The number of nitrogens with zero attached hydrogens (tertiary/aromatic N) is 1. The number of hydrogen-bond donors (Lipinski definition) is 0. The number of methoxy groups -OCH3 is 2. The van der Waals surface area contributed by atoms with Gasteiger partial charge >= 0.3 is 0 Å². The minimum absolute atomic E-state index is 0.0401. The molecular weight excluding hydrogens is 349 g/mol.